The van der Waals surface area contributed by atoms with E-state index in [1.165, 1.54) is 0 Å². The third-order valence-corrected chi connectivity index (χ3v) is 4.47. The minimum absolute atomic E-state index is 0.0761. The van der Waals surface area contributed by atoms with Crippen LogP contribution in [0, 0.1) is 6.92 Å². The molecule has 1 heterocycles. The normalized spacial score (nSPS) is 19.5. The zero-order valence-electron chi connectivity index (χ0n) is 14.6. The number of carbonyl (C=O) groups is 1. The molecular weight excluding hydrogens is 277 g/mol. The van der Waals surface area contributed by atoms with Crippen molar-refractivity contribution in [3.63, 3.8) is 0 Å². The quantitative estimate of drug-likeness (QED) is 0.873. The molecule has 1 aliphatic rings. The van der Waals surface area contributed by atoms with E-state index in [9.17, 15) is 4.79 Å². The minimum atomic E-state index is -0.447. The summed E-state index contributed by atoms with van der Waals surface area (Å²) in [4.78, 5) is 12.2. The Morgan fingerprint density at radius 1 is 1.14 bits per heavy atom. The monoisotopic (exact) mass is 303 g/mol. The molecule has 4 nitrogen and oxygen atoms in total. The highest BCUT2D eigenvalue weighted by Gasteiger charge is 2.52. The van der Waals surface area contributed by atoms with Gasteiger partial charge in [-0.2, -0.15) is 0 Å². The first-order valence-electron chi connectivity index (χ1n) is 7.80. The molecular formula is C17H26BNO3. The van der Waals surface area contributed by atoms with Gasteiger partial charge in [-0.05, 0) is 66.1 Å². The van der Waals surface area contributed by atoms with E-state index in [0.29, 0.717) is 5.56 Å². The van der Waals surface area contributed by atoms with Gasteiger partial charge in [-0.25, -0.2) is 0 Å². The van der Waals surface area contributed by atoms with Crippen LogP contribution in [0.3, 0.4) is 0 Å². The van der Waals surface area contributed by atoms with Gasteiger partial charge in [0.1, 0.15) is 0 Å². The molecule has 2 rings (SSSR count). The number of carbonyl (C=O) groups excluding carboxylic acids is 1. The summed E-state index contributed by atoms with van der Waals surface area (Å²) < 4.78 is 12.2. The summed E-state index contributed by atoms with van der Waals surface area (Å²) in [5.41, 5.74) is 1.82. The summed E-state index contributed by atoms with van der Waals surface area (Å²) in [5, 5.41) is 2.91. The molecule has 1 fully saturated rings. The van der Waals surface area contributed by atoms with Crippen LogP contribution < -0.4 is 10.8 Å². The molecule has 120 valence electrons. The summed E-state index contributed by atoms with van der Waals surface area (Å²) >= 11 is 0. The minimum Gasteiger partial charge on any atom is -0.399 e. The van der Waals surface area contributed by atoms with Crippen molar-refractivity contribution in [1.82, 2.24) is 5.32 Å². The van der Waals surface area contributed by atoms with Crippen molar-refractivity contribution in [3.05, 3.63) is 29.3 Å². The Morgan fingerprint density at radius 3 is 2.18 bits per heavy atom. The van der Waals surface area contributed by atoms with E-state index < -0.39 is 7.12 Å². The van der Waals surface area contributed by atoms with Gasteiger partial charge < -0.3 is 14.6 Å². The number of hydrogen-bond acceptors (Lipinski definition) is 3. The van der Waals surface area contributed by atoms with Gasteiger partial charge in [0.2, 0.25) is 0 Å². The molecule has 1 N–H and O–H groups in total. The van der Waals surface area contributed by atoms with E-state index in [1.54, 1.807) is 0 Å². The average Bonchev–Trinajstić information content (AvgIpc) is 2.57. The molecule has 1 aromatic carbocycles. The van der Waals surface area contributed by atoms with E-state index in [0.717, 1.165) is 11.0 Å². The zero-order valence-corrected chi connectivity index (χ0v) is 14.6. The van der Waals surface area contributed by atoms with E-state index >= 15 is 0 Å². The van der Waals surface area contributed by atoms with Crippen LogP contribution in [0.25, 0.3) is 0 Å². The number of benzene rings is 1. The Balaban J connectivity index is 2.31. The topological polar surface area (TPSA) is 47.6 Å². The summed E-state index contributed by atoms with van der Waals surface area (Å²) in [7, 11) is -0.447. The van der Waals surface area contributed by atoms with Crippen LogP contribution in [-0.2, 0) is 9.31 Å². The van der Waals surface area contributed by atoms with Crippen LogP contribution >= 0.6 is 0 Å². The molecule has 0 radical (unpaired) electrons. The smallest absolute Gasteiger partial charge is 0.399 e. The standard InChI is InChI=1S/C17H26BNO3/c1-11(2)19-15(20)13-9-8-12(3)14(10-13)18-21-16(4,5)17(6,7)22-18/h8-11H,1-7H3,(H,19,20). The molecule has 0 unspecified atom stereocenters. The van der Waals surface area contributed by atoms with Crippen LogP contribution in [0.15, 0.2) is 18.2 Å². The predicted octanol–water partition coefficient (Wildman–Crippen LogP) is 2.43. The van der Waals surface area contributed by atoms with Gasteiger partial charge in [-0.3, -0.25) is 4.79 Å². The van der Waals surface area contributed by atoms with Gasteiger partial charge in [0, 0.05) is 11.6 Å². The van der Waals surface area contributed by atoms with E-state index in [2.05, 4.69) is 5.32 Å². The van der Waals surface area contributed by atoms with Crippen molar-refractivity contribution >= 4 is 18.5 Å². The highest BCUT2D eigenvalue weighted by atomic mass is 16.7. The molecule has 5 heteroatoms. The van der Waals surface area contributed by atoms with Crippen LogP contribution in [0.4, 0.5) is 0 Å². The second kappa shape index (κ2) is 5.71. The lowest BCUT2D eigenvalue weighted by Gasteiger charge is -2.32. The highest BCUT2D eigenvalue weighted by molar-refractivity contribution is 6.62. The first-order valence-corrected chi connectivity index (χ1v) is 7.80. The molecule has 1 saturated heterocycles. The molecule has 1 amide bonds. The van der Waals surface area contributed by atoms with E-state index in [4.69, 9.17) is 9.31 Å². The van der Waals surface area contributed by atoms with Gasteiger partial charge in [-0.1, -0.05) is 11.6 Å². The zero-order chi connectivity index (χ0) is 16.7. The SMILES string of the molecule is Cc1ccc(C(=O)NC(C)C)cc1B1OC(C)(C)C(C)(C)O1. The van der Waals surface area contributed by atoms with Gasteiger partial charge in [0.25, 0.3) is 5.91 Å². The lowest BCUT2D eigenvalue weighted by molar-refractivity contribution is 0.00578. The van der Waals surface area contributed by atoms with Gasteiger partial charge in [0.15, 0.2) is 0 Å². The van der Waals surface area contributed by atoms with Gasteiger partial charge in [0.05, 0.1) is 11.2 Å². The molecule has 1 aromatic rings. The fraction of sp³-hybridized carbons (Fsp3) is 0.588. The van der Waals surface area contributed by atoms with Crippen LogP contribution in [0.5, 0.6) is 0 Å². The highest BCUT2D eigenvalue weighted by Crippen LogP contribution is 2.36. The van der Waals surface area contributed by atoms with Crippen LogP contribution in [0.2, 0.25) is 0 Å². The van der Waals surface area contributed by atoms with Gasteiger partial charge in [-0.15, -0.1) is 0 Å². The second-order valence-electron chi connectivity index (χ2n) is 7.29. The maximum atomic E-state index is 12.2. The van der Waals surface area contributed by atoms with Crippen molar-refractivity contribution < 1.29 is 14.1 Å². The Kier molecular flexibility index (Phi) is 4.42. The molecule has 22 heavy (non-hydrogen) atoms. The summed E-state index contributed by atoms with van der Waals surface area (Å²) in [5.74, 6) is -0.0761. The average molecular weight is 303 g/mol. The van der Waals surface area contributed by atoms with Crippen LogP contribution in [0.1, 0.15) is 57.5 Å². The Bertz CT molecular complexity index is 565. The summed E-state index contributed by atoms with van der Waals surface area (Å²) in [6, 6.07) is 5.75. The number of rotatable bonds is 3. The van der Waals surface area contributed by atoms with E-state index in [1.807, 2.05) is 66.7 Å². The molecule has 0 aromatic heterocycles. The fourth-order valence-corrected chi connectivity index (χ4v) is 2.35. The second-order valence-corrected chi connectivity index (χ2v) is 7.29. The van der Waals surface area contributed by atoms with Crippen molar-refractivity contribution in [2.75, 3.05) is 0 Å². The number of hydrogen-bond donors (Lipinski definition) is 1. The molecule has 0 aliphatic carbocycles. The maximum Gasteiger partial charge on any atom is 0.495 e. The number of aryl methyl sites for hydroxylation is 1. The molecule has 0 atom stereocenters. The summed E-state index contributed by atoms with van der Waals surface area (Å²) in [6.45, 7) is 14.0. The molecule has 0 spiro atoms. The Labute approximate surface area is 133 Å². The lowest BCUT2D eigenvalue weighted by atomic mass is 9.75. The third-order valence-electron chi connectivity index (χ3n) is 4.47. The Morgan fingerprint density at radius 2 is 1.68 bits per heavy atom. The van der Waals surface area contributed by atoms with Gasteiger partial charge >= 0.3 is 7.12 Å². The third kappa shape index (κ3) is 3.20. The number of amides is 1. The van der Waals surface area contributed by atoms with Crippen molar-refractivity contribution in [3.8, 4) is 0 Å². The number of nitrogens with one attached hydrogen (secondary N) is 1. The lowest BCUT2D eigenvalue weighted by Crippen LogP contribution is -2.41. The molecule has 1 aliphatic heterocycles. The summed E-state index contributed by atoms with van der Waals surface area (Å²) in [6.07, 6.45) is 0. The maximum absolute atomic E-state index is 12.2. The largest absolute Gasteiger partial charge is 0.495 e. The first kappa shape index (κ1) is 17.0. The van der Waals surface area contributed by atoms with Crippen LogP contribution in [-0.4, -0.2) is 30.3 Å². The fourth-order valence-electron chi connectivity index (χ4n) is 2.35. The molecule has 0 saturated carbocycles. The Hall–Kier alpha value is -1.33. The van der Waals surface area contributed by atoms with Crippen molar-refractivity contribution in [1.29, 1.82) is 0 Å². The van der Waals surface area contributed by atoms with Crippen molar-refractivity contribution in [2.45, 2.75) is 65.7 Å². The first-order chi connectivity index (χ1) is 10.0. The van der Waals surface area contributed by atoms with E-state index in [-0.39, 0.29) is 23.2 Å². The predicted molar refractivity (Wildman–Crippen MR) is 89.5 cm³/mol. The molecule has 0 bridgehead atoms. The van der Waals surface area contributed by atoms with Crippen molar-refractivity contribution in [2.24, 2.45) is 0 Å².